The van der Waals surface area contributed by atoms with Crippen LogP contribution in [0.5, 0.6) is 0 Å². The molecule has 6 heteroatoms. The van der Waals surface area contributed by atoms with E-state index in [1.54, 1.807) is 23.1 Å². The van der Waals surface area contributed by atoms with Crippen LogP contribution in [0.3, 0.4) is 0 Å². The number of carbonyl (C=O) groups excluding carboxylic acids is 1. The first-order valence-electron chi connectivity index (χ1n) is 6.14. The number of anilines is 2. The van der Waals surface area contributed by atoms with E-state index in [9.17, 15) is 4.79 Å². The molecule has 2 aromatic heterocycles. The fraction of sp³-hybridized carbons (Fsp3) is 0.143. The van der Waals surface area contributed by atoms with E-state index in [-0.39, 0.29) is 5.91 Å². The van der Waals surface area contributed by atoms with Crippen LogP contribution in [-0.4, -0.2) is 15.7 Å². The maximum absolute atomic E-state index is 12.4. The van der Waals surface area contributed by atoms with Gasteiger partial charge < -0.3 is 11.1 Å². The molecule has 0 saturated heterocycles. The molecule has 5 nitrogen and oxygen atoms in total. The molecule has 20 heavy (non-hydrogen) atoms. The van der Waals surface area contributed by atoms with Gasteiger partial charge in [-0.3, -0.25) is 9.48 Å². The van der Waals surface area contributed by atoms with Crippen LogP contribution in [0.4, 0.5) is 11.5 Å². The maximum atomic E-state index is 12.4. The fourth-order valence-electron chi connectivity index (χ4n) is 2.15. The van der Waals surface area contributed by atoms with Crippen LogP contribution >= 0.6 is 11.3 Å². The Hall–Kier alpha value is -2.34. The second-order valence-corrected chi connectivity index (χ2v) is 5.48. The molecule has 0 aliphatic rings. The van der Waals surface area contributed by atoms with Crippen molar-refractivity contribution in [1.29, 1.82) is 0 Å². The highest BCUT2D eigenvalue weighted by Gasteiger charge is 2.16. The summed E-state index contributed by atoms with van der Waals surface area (Å²) in [5, 5.41) is 9.84. The standard InChI is InChI=1S/C14H14N4OS/c1-8-12(15)13(18(2)17-8)16-14(19)10-7-20-11-6-4-3-5-9(10)11/h3-7H,15H2,1-2H3,(H,16,19). The van der Waals surface area contributed by atoms with E-state index < -0.39 is 0 Å². The molecule has 3 aromatic rings. The fourth-order valence-corrected chi connectivity index (χ4v) is 3.09. The lowest BCUT2D eigenvalue weighted by atomic mass is 10.1. The highest BCUT2D eigenvalue weighted by atomic mass is 32.1. The van der Waals surface area contributed by atoms with Gasteiger partial charge in [-0.25, -0.2) is 0 Å². The van der Waals surface area contributed by atoms with Gasteiger partial charge in [-0.15, -0.1) is 11.3 Å². The zero-order valence-corrected chi connectivity index (χ0v) is 12.0. The summed E-state index contributed by atoms with van der Waals surface area (Å²) in [6.45, 7) is 1.81. The molecule has 102 valence electrons. The number of hydrogen-bond donors (Lipinski definition) is 2. The highest BCUT2D eigenvalue weighted by Crippen LogP contribution is 2.27. The molecule has 0 atom stereocenters. The Bertz CT molecular complexity index is 803. The summed E-state index contributed by atoms with van der Waals surface area (Å²) in [7, 11) is 1.75. The SMILES string of the molecule is Cc1nn(C)c(NC(=O)c2csc3ccccc23)c1N. The van der Waals surface area contributed by atoms with Crippen molar-refractivity contribution in [2.24, 2.45) is 7.05 Å². The minimum absolute atomic E-state index is 0.169. The molecule has 0 bridgehead atoms. The number of aryl methyl sites for hydroxylation is 2. The molecule has 3 N–H and O–H groups in total. The third-order valence-electron chi connectivity index (χ3n) is 3.23. The first-order valence-corrected chi connectivity index (χ1v) is 7.02. The van der Waals surface area contributed by atoms with Crippen molar-refractivity contribution >= 4 is 38.8 Å². The van der Waals surface area contributed by atoms with Crippen molar-refractivity contribution in [3.8, 4) is 0 Å². The average molecular weight is 286 g/mol. The van der Waals surface area contributed by atoms with Crippen molar-refractivity contribution in [3.63, 3.8) is 0 Å². The number of hydrogen-bond acceptors (Lipinski definition) is 4. The number of nitrogens with one attached hydrogen (secondary N) is 1. The number of amides is 1. The van der Waals surface area contributed by atoms with Crippen LogP contribution in [0.25, 0.3) is 10.1 Å². The Morgan fingerprint density at radius 1 is 1.40 bits per heavy atom. The lowest BCUT2D eigenvalue weighted by Crippen LogP contribution is -2.15. The topological polar surface area (TPSA) is 72.9 Å². The highest BCUT2D eigenvalue weighted by molar-refractivity contribution is 7.17. The molecule has 1 aromatic carbocycles. The maximum Gasteiger partial charge on any atom is 0.258 e. The monoisotopic (exact) mass is 286 g/mol. The second-order valence-electron chi connectivity index (χ2n) is 4.57. The molecule has 1 amide bonds. The molecule has 0 aliphatic heterocycles. The van der Waals surface area contributed by atoms with Gasteiger partial charge in [0.15, 0.2) is 5.82 Å². The van der Waals surface area contributed by atoms with Crippen LogP contribution < -0.4 is 11.1 Å². The lowest BCUT2D eigenvalue weighted by Gasteiger charge is -2.05. The lowest BCUT2D eigenvalue weighted by molar-refractivity contribution is 0.102. The van der Waals surface area contributed by atoms with Crippen molar-refractivity contribution in [2.45, 2.75) is 6.92 Å². The third-order valence-corrected chi connectivity index (χ3v) is 4.19. The van der Waals surface area contributed by atoms with Crippen LogP contribution in [0.15, 0.2) is 29.6 Å². The van der Waals surface area contributed by atoms with Gasteiger partial charge in [-0.05, 0) is 13.0 Å². The summed E-state index contributed by atoms with van der Waals surface area (Å²) in [6, 6.07) is 7.83. The number of carbonyl (C=O) groups is 1. The number of nitrogens with zero attached hydrogens (tertiary/aromatic N) is 2. The zero-order chi connectivity index (χ0) is 14.3. The van der Waals surface area contributed by atoms with Gasteiger partial charge in [0, 0.05) is 22.5 Å². The number of thiophene rings is 1. The van der Waals surface area contributed by atoms with Crippen LogP contribution in [0.2, 0.25) is 0 Å². The molecule has 0 fully saturated rings. The molecular formula is C14H14N4OS. The van der Waals surface area contributed by atoms with Gasteiger partial charge >= 0.3 is 0 Å². The van der Waals surface area contributed by atoms with E-state index >= 15 is 0 Å². The van der Waals surface area contributed by atoms with Gasteiger partial charge in [-0.1, -0.05) is 18.2 Å². The summed E-state index contributed by atoms with van der Waals surface area (Å²) in [5.41, 5.74) is 7.79. The molecular weight excluding hydrogens is 272 g/mol. The van der Waals surface area contributed by atoms with E-state index in [1.165, 1.54) is 0 Å². The molecule has 0 spiro atoms. The second kappa shape index (κ2) is 4.64. The predicted octanol–water partition coefficient (Wildman–Crippen LogP) is 2.78. The summed E-state index contributed by atoms with van der Waals surface area (Å²) in [6.07, 6.45) is 0. The van der Waals surface area contributed by atoms with E-state index in [2.05, 4.69) is 10.4 Å². The minimum Gasteiger partial charge on any atom is -0.394 e. The van der Waals surface area contributed by atoms with Gasteiger partial charge in [0.2, 0.25) is 0 Å². The smallest absolute Gasteiger partial charge is 0.258 e. The molecule has 0 radical (unpaired) electrons. The molecule has 0 saturated carbocycles. The van der Waals surface area contributed by atoms with Crippen LogP contribution in [-0.2, 0) is 7.05 Å². The number of benzene rings is 1. The summed E-state index contributed by atoms with van der Waals surface area (Å²) in [4.78, 5) is 12.4. The van der Waals surface area contributed by atoms with Crippen molar-refractivity contribution < 1.29 is 4.79 Å². The predicted molar refractivity (Wildman–Crippen MR) is 82.1 cm³/mol. The quantitative estimate of drug-likeness (QED) is 0.760. The van der Waals surface area contributed by atoms with E-state index in [4.69, 9.17) is 5.73 Å². The van der Waals surface area contributed by atoms with Gasteiger partial charge in [0.05, 0.1) is 16.9 Å². The number of nitrogens with two attached hydrogens (primary N) is 1. The van der Waals surface area contributed by atoms with Gasteiger partial charge in [-0.2, -0.15) is 5.10 Å². The molecule has 0 aliphatic carbocycles. The summed E-state index contributed by atoms with van der Waals surface area (Å²) >= 11 is 1.55. The van der Waals surface area contributed by atoms with E-state index in [0.29, 0.717) is 22.8 Å². The van der Waals surface area contributed by atoms with Crippen LogP contribution in [0, 0.1) is 6.92 Å². The number of nitrogen functional groups attached to an aromatic ring is 1. The third kappa shape index (κ3) is 1.94. The number of aromatic nitrogens is 2. The Morgan fingerprint density at radius 2 is 2.15 bits per heavy atom. The van der Waals surface area contributed by atoms with Crippen molar-refractivity contribution in [3.05, 3.63) is 40.9 Å². The normalized spacial score (nSPS) is 10.9. The van der Waals surface area contributed by atoms with Gasteiger partial charge in [0.25, 0.3) is 5.91 Å². The van der Waals surface area contributed by atoms with Crippen LogP contribution in [0.1, 0.15) is 16.1 Å². The Kier molecular flexibility index (Phi) is 2.94. The molecule has 2 heterocycles. The first-order chi connectivity index (χ1) is 9.58. The summed E-state index contributed by atoms with van der Waals surface area (Å²) in [5.74, 6) is 0.361. The number of rotatable bonds is 2. The first kappa shape index (κ1) is 12.7. The van der Waals surface area contributed by atoms with Crippen molar-refractivity contribution in [2.75, 3.05) is 11.1 Å². The Morgan fingerprint density at radius 3 is 2.85 bits per heavy atom. The zero-order valence-electron chi connectivity index (χ0n) is 11.2. The average Bonchev–Trinajstić information content (AvgIpc) is 2.96. The van der Waals surface area contributed by atoms with Crippen molar-refractivity contribution in [1.82, 2.24) is 9.78 Å². The van der Waals surface area contributed by atoms with E-state index in [1.807, 2.05) is 36.6 Å². The largest absolute Gasteiger partial charge is 0.394 e. The molecule has 3 rings (SSSR count). The van der Waals surface area contributed by atoms with Gasteiger partial charge in [0.1, 0.15) is 0 Å². The Balaban J connectivity index is 1.97. The molecule has 0 unspecified atom stereocenters. The van der Waals surface area contributed by atoms with E-state index in [0.717, 1.165) is 10.1 Å². The Labute approximate surface area is 120 Å². The summed E-state index contributed by atoms with van der Waals surface area (Å²) < 4.78 is 2.67. The number of fused-ring (bicyclic) bond motifs is 1. The minimum atomic E-state index is -0.169.